The molecule has 1 unspecified atom stereocenters. The van der Waals surface area contributed by atoms with Gasteiger partial charge in [0.15, 0.2) is 0 Å². The highest BCUT2D eigenvalue weighted by Crippen LogP contribution is 2.19. The lowest BCUT2D eigenvalue weighted by Crippen LogP contribution is -2.58. The summed E-state index contributed by atoms with van der Waals surface area (Å²) in [4.78, 5) is 66.0. The van der Waals surface area contributed by atoms with Crippen molar-refractivity contribution in [1.29, 1.82) is 0 Å². The summed E-state index contributed by atoms with van der Waals surface area (Å²) in [6.45, 7) is 0. The van der Waals surface area contributed by atoms with Crippen molar-refractivity contribution in [2.24, 2.45) is 11.5 Å². The van der Waals surface area contributed by atoms with Crippen molar-refractivity contribution >= 4 is 51.3 Å². The molecule has 0 bridgehead atoms. The smallest absolute Gasteiger partial charge is 0.305 e. The fourth-order valence-electron chi connectivity index (χ4n) is 4.50. The number of hydrogen-bond acceptors (Lipinski definition) is 7. The number of carbonyl (C=O) groups is 5. The number of primary amides is 1. The van der Waals surface area contributed by atoms with E-state index >= 15 is 0 Å². The van der Waals surface area contributed by atoms with Gasteiger partial charge in [-0.25, -0.2) is 4.39 Å². The predicted molar refractivity (Wildman–Crippen MR) is 161 cm³/mol. The van der Waals surface area contributed by atoms with E-state index in [1.807, 2.05) is 24.3 Å². The van der Waals surface area contributed by atoms with Gasteiger partial charge in [0, 0.05) is 46.3 Å². The van der Waals surface area contributed by atoms with Crippen molar-refractivity contribution in [1.82, 2.24) is 20.9 Å². The molecule has 4 amide bonds. The number of aromatic amines is 1. The van der Waals surface area contributed by atoms with Crippen LogP contribution in [0.2, 0.25) is 0 Å². The number of hydrogen-bond donors (Lipinski definition) is 7. The van der Waals surface area contributed by atoms with Gasteiger partial charge < -0.3 is 37.5 Å². The third-order valence-electron chi connectivity index (χ3n) is 6.83. The maximum atomic E-state index is 14.1. The first-order chi connectivity index (χ1) is 20.8. The Kier molecular flexibility index (Phi) is 12.1. The highest BCUT2D eigenvalue weighted by atomic mass is 32.2. The zero-order valence-corrected chi connectivity index (χ0v) is 24.7. The minimum Gasteiger partial charge on any atom is -0.481 e. The van der Waals surface area contributed by atoms with Crippen molar-refractivity contribution < 1.29 is 37.7 Å². The highest BCUT2D eigenvalue weighted by molar-refractivity contribution is 7.84. The molecule has 0 aliphatic heterocycles. The summed E-state index contributed by atoms with van der Waals surface area (Å²) in [5.74, 6) is -5.81. The SMILES string of the molecule is CS(=O)CC[C@H](NC(=O)[C@H](N)Cc1c[nH]c2ccccc12)C(=O)N[C@@H](CC(=O)O)C(=O)N[C@@H](Cc1ccccc1F)C(N)=O. The number of carbonyl (C=O) groups excluding carboxylic acids is 4. The maximum absolute atomic E-state index is 14.1. The van der Waals surface area contributed by atoms with Gasteiger partial charge >= 0.3 is 5.97 Å². The van der Waals surface area contributed by atoms with E-state index in [-0.39, 0.29) is 30.6 Å². The lowest BCUT2D eigenvalue weighted by atomic mass is 10.0. The van der Waals surface area contributed by atoms with Gasteiger partial charge in [0.05, 0.1) is 12.5 Å². The number of aromatic nitrogens is 1. The summed E-state index contributed by atoms with van der Waals surface area (Å²) in [6.07, 6.45) is 1.94. The average molecular weight is 631 g/mol. The summed E-state index contributed by atoms with van der Waals surface area (Å²) in [6, 6.07) is 7.41. The molecule has 3 aromatic rings. The third kappa shape index (κ3) is 9.70. The fourth-order valence-corrected chi connectivity index (χ4v) is 5.06. The van der Waals surface area contributed by atoms with Crippen LogP contribution >= 0.6 is 0 Å². The van der Waals surface area contributed by atoms with Crippen LogP contribution in [0.4, 0.5) is 4.39 Å². The number of fused-ring (bicyclic) bond motifs is 1. The first-order valence-electron chi connectivity index (χ1n) is 13.6. The van der Waals surface area contributed by atoms with Crippen LogP contribution in [0.3, 0.4) is 0 Å². The Bertz CT molecular complexity index is 1550. The van der Waals surface area contributed by atoms with E-state index in [2.05, 4.69) is 20.9 Å². The van der Waals surface area contributed by atoms with Gasteiger partial charge in [-0.05, 0) is 36.1 Å². The molecule has 9 N–H and O–H groups in total. The first-order valence-corrected chi connectivity index (χ1v) is 15.3. The Balaban J connectivity index is 1.73. The van der Waals surface area contributed by atoms with Crippen LogP contribution < -0.4 is 27.4 Å². The van der Waals surface area contributed by atoms with Gasteiger partial charge in [-0.1, -0.05) is 36.4 Å². The predicted octanol–water partition coefficient (Wildman–Crippen LogP) is -0.397. The van der Waals surface area contributed by atoms with Crippen LogP contribution in [0.1, 0.15) is 24.0 Å². The van der Waals surface area contributed by atoms with Crippen LogP contribution in [0.25, 0.3) is 10.9 Å². The Hall–Kier alpha value is -4.63. The summed E-state index contributed by atoms with van der Waals surface area (Å²) in [5, 5.41) is 17.3. The van der Waals surface area contributed by atoms with E-state index < -0.39 is 76.8 Å². The van der Waals surface area contributed by atoms with Gasteiger partial charge in [0.1, 0.15) is 23.9 Å². The fraction of sp³-hybridized carbons (Fsp3) is 0.345. The molecule has 0 aliphatic rings. The highest BCUT2D eigenvalue weighted by Gasteiger charge is 2.32. The van der Waals surface area contributed by atoms with E-state index in [0.29, 0.717) is 0 Å². The second kappa shape index (κ2) is 15.7. The number of aliphatic carboxylic acids is 1. The number of para-hydroxylation sites is 1. The normalized spacial score (nSPS) is 14.5. The lowest BCUT2D eigenvalue weighted by molar-refractivity contribution is -0.141. The van der Waals surface area contributed by atoms with Crippen LogP contribution in [-0.2, 0) is 47.6 Å². The Morgan fingerprint density at radius 3 is 2.16 bits per heavy atom. The Morgan fingerprint density at radius 2 is 1.50 bits per heavy atom. The number of rotatable bonds is 16. The van der Waals surface area contributed by atoms with Crippen molar-refractivity contribution in [2.45, 2.75) is 49.9 Å². The van der Waals surface area contributed by atoms with Gasteiger partial charge in [-0.3, -0.25) is 28.2 Å². The molecule has 0 fully saturated rings. The summed E-state index contributed by atoms with van der Waals surface area (Å²) in [5.41, 5.74) is 13.2. The molecule has 0 radical (unpaired) electrons. The van der Waals surface area contributed by atoms with Crippen molar-refractivity contribution in [3.05, 3.63) is 71.7 Å². The van der Waals surface area contributed by atoms with Gasteiger partial charge in [0.2, 0.25) is 23.6 Å². The molecule has 3 rings (SSSR count). The lowest BCUT2D eigenvalue weighted by Gasteiger charge is -2.25. The number of amides is 4. The van der Waals surface area contributed by atoms with Crippen LogP contribution in [0.5, 0.6) is 0 Å². The molecule has 44 heavy (non-hydrogen) atoms. The largest absolute Gasteiger partial charge is 0.481 e. The monoisotopic (exact) mass is 630 g/mol. The zero-order chi connectivity index (χ0) is 32.4. The molecule has 0 saturated carbocycles. The van der Waals surface area contributed by atoms with Gasteiger partial charge in [-0.15, -0.1) is 0 Å². The van der Waals surface area contributed by atoms with Gasteiger partial charge in [-0.2, -0.15) is 0 Å². The molecule has 5 atom stereocenters. The Labute approximate surface area is 254 Å². The maximum Gasteiger partial charge on any atom is 0.305 e. The molecular weight excluding hydrogens is 595 g/mol. The number of nitrogens with two attached hydrogens (primary N) is 2. The molecule has 0 aliphatic carbocycles. The van der Waals surface area contributed by atoms with Gasteiger partial charge in [0.25, 0.3) is 0 Å². The van der Waals surface area contributed by atoms with E-state index in [4.69, 9.17) is 11.5 Å². The Morgan fingerprint density at radius 1 is 0.886 bits per heavy atom. The molecule has 15 heteroatoms. The molecule has 236 valence electrons. The molecule has 0 saturated heterocycles. The molecule has 2 aromatic carbocycles. The number of H-pyrrole nitrogens is 1. The van der Waals surface area contributed by atoms with Crippen LogP contribution in [0.15, 0.2) is 54.7 Å². The quantitative estimate of drug-likeness (QED) is 0.110. The second-order valence-electron chi connectivity index (χ2n) is 10.2. The van der Waals surface area contributed by atoms with Crippen molar-refractivity contribution in [3.63, 3.8) is 0 Å². The molecule has 1 aromatic heterocycles. The van der Waals surface area contributed by atoms with Crippen LogP contribution in [0, 0.1) is 5.82 Å². The third-order valence-corrected chi connectivity index (χ3v) is 7.64. The van der Waals surface area contributed by atoms with Crippen molar-refractivity contribution in [3.8, 4) is 0 Å². The second-order valence-corrected chi connectivity index (χ2v) is 11.8. The summed E-state index contributed by atoms with van der Waals surface area (Å²) >= 11 is 0. The minimum absolute atomic E-state index is 0.00175. The number of halogens is 1. The zero-order valence-electron chi connectivity index (χ0n) is 23.9. The van der Waals surface area contributed by atoms with E-state index in [1.54, 1.807) is 6.20 Å². The summed E-state index contributed by atoms with van der Waals surface area (Å²) in [7, 11) is -1.36. The average Bonchev–Trinajstić information content (AvgIpc) is 3.37. The molecule has 0 spiro atoms. The minimum atomic E-state index is -1.70. The first kappa shape index (κ1) is 33.9. The summed E-state index contributed by atoms with van der Waals surface area (Å²) < 4.78 is 25.9. The standard InChI is InChI=1S/C29H35FN6O7S/c1-44(43)11-10-22(34-27(40)20(31)12-17-15-33-21-9-5-3-7-18(17)21)28(41)36-24(14-25(37)38)29(42)35-23(26(32)39)13-16-6-2-4-8-19(16)30/h2-9,15,20,22-24,33H,10-14,31H2,1H3,(H2,32,39)(H,34,40)(H,35,42)(H,36,41)(H,37,38)/t20-,22+,23+,24+,44?/m1/s1. The van der Waals surface area contributed by atoms with E-state index in [9.17, 15) is 37.7 Å². The molecule has 13 nitrogen and oxygen atoms in total. The number of carboxylic acid groups (broad SMARTS) is 1. The number of nitrogens with one attached hydrogen (secondary N) is 4. The van der Waals surface area contributed by atoms with Crippen LogP contribution in [-0.4, -0.2) is 80.1 Å². The van der Waals surface area contributed by atoms with Crippen molar-refractivity contribution in [2.75, 3.05) is 12.0 Å². The topological polar surface area (TPSA) is 227 Å². The van der Waals surface area contributed by atoms with E-state index in [0.717, 1.165) is 22.5 Å². The molecule has 1 heterocycles. The number of benzene rings is 2. The molecular formula is C29H35FN6O7S. The van der Waals surface area contributed by atoms with E-state index in [1.165, 1.54) is 24.5 Å². The number of carboxylic acids is 1.